The van der Waals surface area contributed by atoms with E-state index in [1.807, 2.05) is 0 Å². The van der Waals surface area contributed by atoms with E-state index in [1.54, 1.807) is 0 Å². The van der Waals surface area contributed by atoms with Crippen LogP contribution in [0.5, 0.6) is 0 Å². The van der Waals surface area contributed by atoms with Crippen molar-refractivity contribution in [2.24, 2.45) is 5.73 Å². The predicted molar refractivity (Wildman–Crippen MR) is 64.4 cm³/mol. The molecule has 1 aromatic rings. The molecule has 0 saturated carbocycles. The van der Waals surface area contributed by atoms with Gasteiger partial charge in [0.1, 0.15) is 19.6 Å². The van der Waals surface area contributed by atoms with Crippen LogP contribution in [-0.4, -0.2) is 39.3 Å². The highest BCUT2D eigenvalue weighted by Crippen LogP contribution is 2.14. The Morgan fingerprint density at radius 1 is 1.13 bits per heavy atom. The average Bonchev–Trinajstić information content (AvgIpc) is 2.32. The molecule has 0 bridgehead atoms. The maximum absolute atomic E-state index is 5.55. The Bertz CT molecular complexity index is 278. The SMILES string of the molecule is NCC[N+]1CCN(c2ccccc2)CC1. The van der Waals surface area contributed by atoms with Gasteiger partial charge in [0.2, 0.25) is 0 Å². The summed E-state index contributed by atoms with van der Waals surface area (Å²) in [6.45, 7) is 6.29. The summed E-state index contributed by atoms with van der Waals surface area (Å²) in [4.78, 5) is 4.87. The minimum Gasteiger partial charge on any atom is -0.360 e. The summed E-state index contributed by atoms with van der Waals surface area (Å²) in [5.41, 5.74) is 6.89. The van der Waals surface area contributed by atoms with Gasteiger partial charge in [0.05, 0.1) is 13.1 Å². The quantitative estimate of drug-likeness (QED) is 0.734. The lowest BCUT2D eigenvalue weighted by Gasteiger charge is -2.29. The van der Waals surface area contributed by atoms with Crippen LogP contribution in [0.15, 0.2) is 30.3 Å². The maximum Gasteiger partial charge on any atom is 0.140 e. The molecule has 1 aliphatic rings. The van der Waals surface area contributed by atoms with Crippen molar-refractivity contribution in [3.05, 3.63) is 30.3 Å². The lowest BCUT2D eigenvalue weighted by atomic mass is 10.2. The Morgan fingerprint density at radius 3 is 2.40 bits per heavy atom. The van der Waals surface area contributed by atoms with Crippen molar-refractivity contribution in [3.8, 4) is 0 Å². The van der Waals surface area contributed by atoms with Gasteiger partial charge in [-0.2, -0.15) is 4.90 Å². The Balaban J connectivity index is 1.88. The van der Waals surface area contributed by atoms with Gasteiger partial charge in [-0.1, -0.05) is 18.2 Å². The molecule has 2 N–H and O–H groups in total. The third-order valence-corrected chi connectivity index (χ3v) is 2.94. The van der Waals surface area contributed by atoms with E-state index >= 15 is 0 Å². The van der Waals surface area contributed by atoms with E-state index in [-0.39, 0.29) is 0 Å². The summed E-state index contributed by atoms with van der Waals surface area (Å²) < 4.78 is 0. The molecule has 15 heavy (non-hydrogen) atoms. The second-order valence-electron chi connectivity index (χ2n) is 3.95. The van der Waals surface area contributed by atoms with Crippen molar-refractivity contribution < 1.29 is 0 Å². The van der Waals surface area contributed by atoms with E-state index in [0.29, 0.717) is 0 Å². The van der Waals surface area contributed by atoms with Crippen molar-refractivity contribution in [2.75, 3.05) is 44.2 Å². The predicted octanol–water partition coefficient (Wildman–Crippen LogP) is 0.605. The molecule has 1 saturated heterocycles. The van der Waals surface area contributed by atoms with Crippen molar-refractivity contribution >= 4 is 5.69 Å². The van der Waals surface area contributed by atoms with Crippen LogP contribution in [0.25, 0.3) is 0 Å². The second-order valence-corrected chi connectivity index (χ2v) is 3.95. The molecule has 0 spiro atoms. The first-order valence-corrected chi connectivity index (χ1v) is 5.62. The van der Waals surface area contributed by atoms with Crippen molar-refractivity contribution in [2.45, 2.75) is 0 Å². The van der Waals surface area contributed by atoms with E-state index in [2.05, 4.69) is 40.1 Å². The summed E-state index contributed by atoms with van der Waals surface area (Å²) in [6, 6.07) is 10.6. The minimum atomic E-state index is 0.769. The highest BCUT2D eigenvalue weighted by molar-refractivity contribution is 5.46. The lowest BCUT2D eigenvalue weighted by molar-refractivity contribution is 0.386. The first-order valence-electron chi connectivity index (χ1n) is 5.62. The molecule has 1 aliphatic heterocycles. The van der Waals surface area contributed by atoms with Crippen molar-refractivity contribution in [1.82, 2.24) is 4.90 Å². The van der Waals surface area contributed by atoms with Crippen LogP contribution >= 0.6 is 0 Å². The summed E-state index contributed by atoms with van der Waals surface area (Å²) in [5, 5.41) is 0. The fourth-order valence-corrected chi connectivity index (χ4v) is 2.05. The number of rotatable bonds is 3. The number of benzene rings is 1. The van der Waals surface area contributed by atoms with Crippen LogP contribution in [0, 0.1) is 0 Å². The van der Waals surface area contributed by atoms with E-state index in [4.69, 9.17) is 5.73 Å². The van der Waals surface area contributed by atoms with Gasteiger partial charge in [-0.25, -0.2) is 0 Å². The minimum absolute atomic E-state index is 0.769. The maximum atomic E-state index is 5.55. The van der Waals surface area contributed by atoms with Crippen LogP contribution < -0.4 is 15.5 Å². The number of anilines is 1. The molecule has 3 heteroatoms. The first kappa shape index (κ1) is 10.5. The Morgan fingerprint density at radius 2 is 1.80 bits per heavy atom. The third kappa shape index (κ3) is 2.70. The zero-order chi connectivity index (χ0) is 10.5. The number of hydrogen-bond donors (Lipinski definition) is 1. The molecule has 2 rings (SSSR count). The van der Waals surface area contributed by atoms with Gasteiger partial charge in [0, 0.05) is 12.2 Å². The summed E-state index contributed by atoms with van der Waals surface area (Å²) >= 11 is 0. The largest absolute Gasteiger partial charge is 0.360 e. The van der Waals surface area contributed by atoms with Gasteiger partial charge in [-0.15, -0.1) is 0 Å². The van der Waals surface area contributed by atoms with E-state index in [9.17, 15) is 0 Å². The highest BCUT2D eigenvalue weighted by Gasteiger charge is 2.22. The topological polar surface area (TPSA) is 35.2 Å². The zero-order valence-corrected chi connectivity index (χ0v) is 9.10. The fourth-order valence-electron chi connectivity index (χ4n) is 2.05. The molecule has 1 radical (unpaired) electrons. The number of hydrogen-bond acceptors (Lipinski definition) is 3. The van der Waals surface area contributed by atoms with Crippen molar-refractivity contribution in [3.63, 3.8) is 0 Å². The lowest BCUT2D eigenvalue weighted by Crippen LogP contribution is -2.51. The summed E-state index contributed by atoms with van der Waals surface area (Å²) in [7, 11) is 0. The molecule has 81 valence electrons. The highest BCUT2D eigenvalue weighted by atomic mass is 15.3. The van der Waals surface area contributed by atoms with Gasteiger partial charge >= 0.3 is 0 Å². The third-order valence-electron chi connectivity index (χ3n) is 2.94. The fraction of sp³-hybridized carbons (Fsp3) is 0.500. The van der Waals surface area contributed by atoms with Crippen LogP contribution in [0.4, 0.5) is 5.69 Å². The number of piperazine rings is 1. The summed E-state index contributed by atoms with van der Waals surface area (Å²) in [5.74, 6) is 0. The summed E-state index contributed by atoms with van der Waals surface area (Å²) in [6.07, 6.45) is 0. The standard InChI is InChI=1S/C12H19N3/c13-6-7-14-8-10-15(11-9-14)12-4-2-1-3-5-12/h1-5H,6-11,13H2/q+1. The zero-order valence-electron chi connectivity index (χ0n) is 9.10. The van der Waals surface area contributed by atoms with Crippen molar-refractivity contribution in [1.29, 1.82) is 0 Å². The molecule has 0 aliphatic carbocycles. The normalized spacial score (nSPS) is 18.1. The monoisotopic (exact) mass is 205 g/mol. The molecule has 1 aromatic carbocycles. The Hall–Kier alpha value is -1.06. The second kappa shape index (κ2) is 5.14. The van der Waals surface area contributed by atoms with Gasteiger partial charge in [0.15, 0.2) is 0 Å². The Labute approximate surface area is 91.5 Å². The van der Waals surface area contributed by atoms with E-state index < -0.39 is 0 Å². The molecular weight excluding hydrogens is 186 g/mol. The van der Waals surface area contributed by atoms with Gasteiger partial charge in [0.25, 0.3) is 0 Å². The van der Waals surface area contributed by atoms with Gasteiger partial charge < -0.3 is 10.6 Å². The van der Waals surface area contributed by atoms with E-state index in [1.165, 1.54) is 5.69 Å². The average molecular weight is 205 g/mol. The van der Waals surface area contributed by atoms with Gasteiger partial charge in [-0.3, -0.25) is 0 Å². The molecule has 1 fully saturated rings. The Kier molecular flexibility index (Phi) is 3.59. The first-order chi connectivity index (χ1) is 7.40. The molecular formula is C12H19N3+. The molecule has 0 aromatic heterocycles. The molecule has 0 amide bonds. The smallest absolute Gasteiger partial charge is 0.140 e. The van der Waals surface area contributed by atoms with E-state index in [0.717, 1.165) is 39.3 Å². The van der Waals surface area contributed by atoms with Crippen LogP contribution in [0.2, 0.25) is 0 Å². The van der Waals surface area contributed by atoms with Crippen LogP contribution in [0.3, 0.4) is 0 Å². The molecule has 0 atom stereocenters. The number of nitrogens with zero attached hydrogens (tertiary/aromatic N) is 2. The number of nitrogens with two attached hydrogens (primary N) is 1. The number of para-hydroxylation sites is 1. The van der Waals surface area contributed by atoms with Crippen LogP contribution in [-0.2, 0) is 0 Å². The van der Waals surface area contributed by atoms with Gasteiger partial charge in [-0.05, 0) is 12.1 Å². The van der Waals surface area contributed by atoms with Crippen LogP contribution in [0.1, 0.15) is 0 Å². The molecule has 1 heterocycles. The molecule has 3 nitrogen and oxygen atoms in total. The molecule has 0 unspecified atom stereocenters.